The second-order valence-corrected chi connectivity index (χ2v) is 5.12. The first kappa shape index (κ1) is 15.7. The van der Waals surface area contributed by atoms with E-state index in [2.05, 4.69) is 41.5 Å². The van der Waals surface area contributed by atoms with Crippen molar-refractivity contribution in [3.63, 3.8) is 0 Å². The Labute approximate surface area is 127 Å². The molecule has 0 unspecified atom stereocenters. The van der Waals surface area contributed by atoms with E-state index >= 15 is 0 Å². The summed E-state index contributed by atoms with van der Waals surface area (Å²) in [6.07, 6.45) is 3.84. The van der Waals surface area contributed by atoms with Crippen LogP contribution in [0.25, 0.3) is 0 Å². The van der Waals surface area contributed by atoms with E-state index in [0.717, 1.165) is 31.6 Å². The molecule has 3 nitrogen and oxygen atoms in total. The first-order valence-corrected chi connectivity index (χ1v) is 7.64. The Morgan fingerprint density at radius 1 is 1.10 bits per heavy atom. The first-order chi connectivity index (χ1) is 10.4. The largest absolute Gasteiger partial charge is 0.376 e. The minimum absolute atomic E-state index is 0.661. The Kier molecular flexibility index (Phi) is 6.92. The van der Waals surface area contributed by atoms with Crippen LogP contribution in [-0.4, -0.2) is 18.1 Å². The number of benzene rings is 1. The maximum atomic E-state index is 5.74. The van der Waals surface area contributed by atoms with Gasteiger partial charge in [-0.05, 0) is 36.2 Å². The monoisotopic (exact) mass is 284 g/mol. The van der Waals surface area contributed by atoms with Crippen molar-refractivity contribution >= 4 is 0 Å². The van der Waals surface area contributed by atoms with Crippen molar-refractivity contribution in [2.75, 3.05) is 13.2 Å². The highest BCUT2D eigenvalue weighted by molar-refractivity contribution is 5.22. The van der Waals surface area contributed by atoms with Crippen LogP contribution < -0.4 is 5.32 Å². The van der Waals surface area contributed by atoms with Crippen LogP contribution in [0.5, 0.6) is 0 Å². The van der Waals surface area contributed by atoms with E-state index in [9.17, 15) is 0 Å². The molecule has 0 spiro atoms. The molecule has 0 saturated heterocycles. The van der Waals surface area contributed by atoms with Gasteiger partial charge >= 0.3 is 0 Å². The van der Waals surface area contributed by atoms with Gasteiger partial charge in [-0.1, -0.05) is 37.3 Å². The van der Waals surface area contributed by atoms with Crippen molar-refractivity contribution in [3.8, 4) is 0 Å². The zero-order valence-electron chi connectivity index (χ0n) is 12.7. The number of ether oxygens (including phenoxy) is 1. The number of pyridine rings is 1. The van der Waals surface area contributed by atoms with Crippen LogP contribution in [0.15, 0.2) is 48.7 Å². The fraction of sp³-hybridized carbons (Fsp3) is 0.389. The molecule has 0 aliphatic heterocycles. The van der Waals surface area contributed by atoms with E-state index in [4.69, 9.17) is 4.74 Å². The molecule has 0 bridgehead atoms. The molecule has 112 valence electrons. The average molecular weight is 284 g/mol. The number of hydrogen-bond donors (Lipinski definition) is 1. The summed E-state index contributed by atoms with van der Waals surface area (Å²) in [4.78, 5) is 4.29. The predicted octanol–water partition coefficient (Wildman–Crippen LogP) is 3.34. The smallest absolute Gasteiger partial charge is 0.0717 e. The Morgan fingerprint density at radius 2 is 2.00 bits per heavy atom. The van der Waals surface area contributed by atoms with E-state index in [0.29, 0.717) is 13.2 Å². The van der Waals surface area contributed by atoms with Gasteiger partial charge in [0.2, 0.25) is 0 Å². The Hall–Kier alpha value is -1.71. The van der Waals surface area contributed by atoms with E-state index in [-0.39, 0.29) is 0 Å². The van der Waals surface area contributed by atoms with Gasteiger partial charge in [0.1, 0.15) is 0 Å². The van der Waals surface area contributed by atoms with Crippen molar-refractivity contribution in [2.24, 2.45) is 0 Å². The van der Waals surface area contributed by atoms with Crippen molar-refractivity contribution < 1.29 is 4.74 Å². The van der Waals surface area contributed by atoms with E-state index in [1.165, 1.54) is 11.1 Å². The molecule has 1 aromatic carbocycles. The molecular formula is C18H24N2O. The molecule has 0 atom stereocenters. The van der Waals surface area contributed by atoms with E-state index < -0.39 is 0 Å². The van der Waals surface area contributed by atoms with Crippen molar-refractivity contribution in [2.45, 2.75) is 32.9 Å². The van der Waals surface area contributed by atoms with Gasteiger partial charge in [0.15, 0.2) is 0 Å². The molecular weight excluding hydrogens is 260 g/mol. The molecule has 0 fully saturated rings. The third kappa shape index (κ3) is 6.06. The van der Waals surface area contributed by atoms with Crippen molar-refractivity contribution in [1.82, 2.24) is 10.3 Å². The fourth-order valence-corrected chi connectivity index (χ4v) is 2.15. The molecule has 21 heavy (non-hydrogen) atoms. The summed E-state index contributed by atoms with van der Waals surface area (Å²) >= 11 is 0. The second-order valence-electron chi connectivity index (χ2n) is 5.12. The van der Waals surface area contributed by atoms with Gasteiger partial charge in [-0.2, -0.15) is 0 Å². The van der Waals surface area contributed by atoms with Gasteiger partial charge in [-0.3, -0.25) is 4.98 Å². The summed E-state index contributed by atoms with van der Waals surface area (Å²) in [6, 6.07) is 14.6. The van der Waals surface area contributed by atoms with Crippen LogP contribution >= 0.6 is 0 Å². The summed E-state index contributed by atoms with van der Waals surface area (Å²) in [5.41, 5.74) is 3.62. The summed E-state index contributed by atoms with van der Waals surface area (Å²) in [5.74, 6) is 0. The molecule has 3 heteroatoms. The van der Waals surface area contributed by atoms with E-state index in [1.54, 1.807) is 0 Å². The molecule has 0 saturated carbocycles. The maximum absolute atomic E-state index is 5.74. The van der Waals surface area contributed by atoms with Crippen LogP contribution in [0.2, 0.25) is 0 Å². The lowest BCUT2D eigenvalue weighted by Gasteiger charge is -2.07. The molecule has 1 aromatic heterocycles. The fourth-order valence-electron chi connectivity index (χ4n) is 2.15. The zero-order chi connectivity index (χ0) is 14.8. The van der Waals surface area contributed by atoms with Gasteiger partial charge in [0, 0.05) is 24.9 Å². The van der Waals surface area contributed by atoms with Crippen molar-refractivity contribution in [1.29, 1.82) is 0 Å². The van der Waals surface area contributed by atoms with Gasteiger partial charge < -0.3 is 10.1 Å². The zero-order valence-corrected chi connectivity index (χ0v) is 12.7. The van der Waals surface area contributed by atoms with Gasteiger partial charge in [-0.15, -0.1) is 0 Å². The van der Waals surface area contributed by atoms with Crippen LogP contribution in [0, 0.1) is 0 Å². The number of aromatic nitrogens is 1. The lowest BCUT2D eigenvalue weighted by atomic mass is 10.1. The van der Waals surface area contributed by atoms with Gasteiger partial charge in [0.25, 0.3) is 0 Å². The minimum Gasteiger partial charge on any atom is -0.376 e. The highest BCUT2D eigenvalue weighted by Crippen LogP contribution is 2.07. The first-order valence-electron chi connectivity index (χ1n) is 7.64. The van der Waals surface area contributed by atoms with Gasteiger partial charge in [-0.25, -0.2) is 0 Å². The average Bonchev–Trinajstić information content (AvgIpc) is 2.53. The normalized spacial score (nSPS) is 10.7. The highest BCUT2D eigenvalue weighted by atomic mass is 16.5. The van der Waals surface area contributed by atoms with Crippen LogP contribution in [0.3, 0.4) is 0 Å². The Morgan fingerprint density at radius 3 is 2.81 bits per heavy atom. The topological polar surface area (TPSA) is 34.1 Å². The quantitative estimate of drug-likeness (QED) is 0.717. The standard InChI is InChI=1S/C18H24N2O/c1-2-10-19-14-16-6-5-7-17(13-16)15-21-12-9-18-8-3-4-11-20-18/h3-8,11,13,19H,2,9-10,12,14-15H2,1H3. The molecule has 2 rings (SSSR count). The van der Waals surface area contributed by atoms with Crippen LogP contribution in [-0.2, 0) is 24.3 Å². The highest BCUT2D eigenvalue weighted by Gasteiger charge is 1.98. The second kappa shape index (κ2) is 9.27. The number of hydrogen-bond acceptors (Lipinski definition) is 3. The predicted molar refractivity (Wildman–Crippen MR) is 86.0 cm³/mol. The number of nitrogens with one attached hydrogen (secondary N) is 1. The molecule has 0 amide bonds. The summed E-state index contributed by atoms with van der Waals surface area (Å²) in [7, 11) is 0. The van der Waals surface area contributed by atoms with Crippen molar-refractivity contribution in [3.05, 3.63) is 65.5 Å². The van der Waals surface area contributed by atoms with Crippen LogP contribution in [0.1, 0.15) is 30.2 Å². The molecule has 0 aliphatic rings. The number of nitrogens with zero attached hydrogens (tertiary/aromatic N) is 1. The summed E-state index contributed by atoms with van der Waals surface area (Å²) in [6.45, 7) is 5.53. The third-order valence-corrected chi connectivity index (χ3v) is 3.24. The van der Waals surface area contributed by atoms with Crippen LogP contribution in [0.4, 0.5) is 0 Å². The summed E-state index contributed by atoms with van der Waals surface area (Å²) < 4.78 is 5.74. The Bertz CT molecular complexity index is 514. The molecule has 2 aromatic rings. The lowest BCUT2D eigenvalue weighted by Crippen LogP contribution is -2.13. The molecule has 0 radical (unpaired) electrons. The number of rotatable bonds is 9. The van der Waals surface area contributed by atoms with Gasteiger partial charge in [0.05, 0.1) is 13.2 Å². The van der Waals surface area contributed by atoms with E-state index in [1.807, 2.05) is 24.4 Å². The minimum atomic E-state index is 0.661. The Balaban J connectivity index is 1.71. The third-order valence-electron chi connectivity index (χ3n) is 3.24. The molecule has 1 heterocycles. The molecule has 1 N–H and O–H groups in total. The lowest BCUT2D eigenvalue weighted by molar-refractivity contribution is 0.123. The summed E-state index contributed by atoms with van der Waals surface area (Å²) in [5, 5.41) is 3.42. The molecule has 0 aliphatic carbocycles. The SMILES string of the molecule is CCCNCc1cccc(COCCc2ccccn2)c1. The maximum Gasteiger partial charge on any atom is 0.0717 e.